The lowest BCUT2D eigenvalue weighted by atomic mass is 10.2. The van der Waals surface area contributed by atoms with Gasteiger partial charge in [-0.2, -0.15) is 0 Å². The lowest BCUT2D eigenvalue weighted by Crippen LogP contribution is -2.45. The molecule has 1 N–H and O–H groups in total. The van der Waals surface area contributed by atoms with E-state index in [2.05, 4.69) is 5.32 Å². The average Bonchev–Trinajstić information content (AvgIpc) is 3.20. The van der Waals surface area contributed by atoms with Crippen molar-refractivity contribution in [2.45, 2.75) is 31.7 Å². The number of thiophene rings is 1. The van der Waals surface area contributed by atoms with Gasteiger partial charge in [0.05, 0.1) is 4.88 Å². The first-order valence-electron chi connectivity index (χ1n) is 7.83. The number of hydrogen-bond donors (Lipinski definition) is 1. The van der Waals surface area contributed by atoms with Crippen LogP contribution in [-0.2, 0) is 9.59 Å². The molecule has 1 aromatic heterocycles. The minimum atomic E-state index is -0.321. The molecule has 2 rings (SSSR count). The van der Waals surface area contributed by atoms with Crippen LogP contribution in [0.25, 0.3) is 0 Å². The van der Waals surface area contributed by atoms with Gasteiger partial charge in [-0.05, 0) is 30.7 Å². The van der Waals surface area contributed by atoms with E-state index in [1.807, 2.05) is 11.4 Å². The topological polar surface area (TPSA) is 69.7 Å². The molecule has 1 fully saturated rings. The zero-order chi connectivity index (χ0) is 16.8. The van der Waals surface area contributed by atoms with Crippen LogP contribution in [0.15, 0.2) is 17.5 Å². The maximum Gasteiger partial charge on any atom is 0.261 e. The molecule has 3 amide bonds. The second kappa shape index (κ2) is 8.10. The predicted octanol–water partition coefficient (Wildman–Crippen LogP) is 1.34. The van der Waals surface area contributed by atoms with Crippen LogP contribution in [0.5, 0.6) is 0 Å². The first-order chi connectivity index (χ1) is 11.0. The summed E-state index contributed by atoms with van der Waals surface area (Å²) >= 11 is 1.39. The maximum atomic E-state index is 12.3. The maximum absolute atomic E-state index is 12.3. The molecule has 7 heteroatoms. The van der Waals surface area contributed by atoms with Gasteiger partial charge in [0.2, 0.25) is 11.8 Å². The highest BCUT2D eigenvalue weighted by molar-refractivity contribution is 7.12. The SMILES string of the molecule is CN(C)C(=O)C1CCCN1C(=O)CCCNC(=O)c1cccs1. The quantitative estimate of drug-likeness (QED) is 0.797. The van der Waals surface area contributed by atoms with Gasteiger partial charge < -0.3 is 15.1 Å². The first kappa shape index (κ1) is 17.5. The van der Waals surface area contributed by atoms with Crippen LogP contribution in [0, 0.1) is 0 Å². The number of carbonyl (C=O) groups excluding carboxylic acids is 3. The summed E-state index contributed by atoms with van der Waals surface area (Å²) in [7, 11) is 3.42. The number of rotatable bonds is 6. The van der Waals surface area contributed by atoms with Gasteiger partial charge in [-0.25, -0.2) is 0 Å². The van der Waals surface area contributed by atoms with E-state index in [0.717, 1.165) is 12.8 Å². The fraction of sp³-hybridized carbons (Fsp3) is 0.562. The summed E-state index contributed by atoms with van der Waals surface area (Å²) in [5, 5.41) is 4.66. The summed E-state index contributed by atoms with van der Waals surface area (Å²) in [5.74, 6) is -0.121. The minimum Gasteiger partial charge on any atom is -0.351 e. The van der Waals surface area contributed by atoms with Gasteiger partial charge in [0.15, 0.2) is 0 Å². The molecule has 1 aliphatic rings. The van der Waals surface area contributed by atoms with Crippen molar-refractivity contribution in [2.75, 3.05) is 27.2 Å². The zero-order valence-electron chi connectivity index (χ0n) is 13.6. The Balaban J connectivity index is 1.74. The number of amides is 3. The van der Waals surface area contributed by atoms with Crippen molar-refractivity contribution in [2.24, 2.45) is 0 Å². The molecule has 0 spiro atoms. The normalized spacial score (nSPS) is 17.1. The van der Waals surface area contributed by atoms with E-state index in [1.165, 1.54) is 16.2 Å². The van der Waals surface area contributed by atoms with E-state index < -0.39 is 0 Å². The van der Waals surface area contributed by atoms with Crippen LogP contribution >= 0.6 is 11.3 Å². The molecule has 1 unspecified atom stereocenters. The van der Waals surface area contributed by atoms with Crippen molar-refractivity contribution in [3.05, 3.63) is 22.4 Å². The lowest BCUT2D eigenvalue weighted by Gasteiger charge is -2.26. The first-order valence-corrected chi connectivity index (χ1v) is 8.71. The van der Waals surface area contributed by atoms with Crippen LogP contribution in [0.4, 0.5) is 0 Å². The van der Waals surface area contributed by atoms with Crippen molar-refractivity contribution < 1.29 is 14.4 Å². The monoisotopic (exact) mass is 337 g/mol. The fourth-order valence-corrected chi connectivity index (χ4v) is 3.34. The Morgan fingerprint density at radius 2 is 2.17 bits per heavy atom. The Morgan fingerprint density at radius 1 is 1.39 bits per heavy atom. The molecule has 0 aromatic carbocycles. The Labute approximate surface area is 140 Å². The van der Waals surface area contributed by atoms with Crippen molar-refractivity contribution in [3.8, 4) is 0 Å². The van der Waals surface area contributed by atoms with Crippen molar-refractivity contribution in [1.29, 1.82) is 0 Å². The molecule has 23 heavy (non-hydrogen) atoms. The highest BCUT2D eigenvalue weighted by Crippen LogP contribution is 2.20. The molecule has 126 valence electrons. The van der Waals surface area contributed by atoms with E-state index in [0.29, 0.717) is 30.8 Å². The van der Waals surface area contributed by atoms with E-state index in [4.69, 9.17) is 0 Å². The number of nitrogens with zero attached hydrogens (tertiary/aromatic N) is 2. The van der Waals surface area contributed by atoms with E-state index in [-0.39, 0.29) is 23.8 Å². The van der Waals surface area contributed by atoms with E-state index >= 15 is 0 Å². The number of likely N-dealkylation sites (tertiary alicyclic amines) is 1. The van der Waals surface area contributed by atoms with Gasteiger partial charge in [0.1, 0.15) is 6.04 Å². The molecule has 0 saturated carbocycles. The standard InChI is InChI=1S/C16H23N3O3S/c1-18(2)16(22)12-6-4-10-19(12)14(20)8-3-9-17-15(21)13-7-5-11-23-13/h5,7,11-12H,3-4,6,8-10H2,1-2H3,(H,17,21). The van der Waals surface area contributed by atoms with Gasteiger partial charge in [0, 0.05) is 33.6 Å². The Morgan fingerprint density at radius 3 is 2.83 bits per heavy atom. The average molecular weight is 337 g/mol. The Bertz CT molecular complexity index is 557. The van der Waals surface area contributed by atoms with E-state index in [9.17, 15) is 14.4 Å². The third-order valence-corrected chi connectivity index (χ3v) is 4.77. The second-order valence-electron chi connectivity index (χ2n) is 5.81. The van der Waals surface area contributed by atoms with E-state index in [1.54, 1.807) is 25.1 Å². The van der Waals surface area contributed by atoms with Crippen molar-refractivity contribution >= 4 is 29.1 Å². The second-order valence-corrected chi connectivity index (χ2v) is 6.76. The molecule has 0 radical (unpaired) electrons. The number of hydrogen-bond acceptors (Lipinski definition) is 4. The van der Waals surface area contributed by atoms with Crippen molar-refractivity contribution in [1.82, 2.24) is 15.1 Å². The van der Waals surface area contributed by atoms with Gasteiger partial charge in [-0.15, -0.1) is 11.3 Å². The molecular weight excluding hydrogens is 314 g/mol. The van der Waals surface area contributed by atoms with Gasteiger partial charge >= 0.3 is 0 Å². The molecule has 6 nitrogen and oxygen atoms in total. The summed E-state index contributed by atoms with van der Waals surface area (Å²) in [4.78, 5) is 40.1. The molecule has 1 aromatic rings. The molecule has 0 bridgehead atoms. The highest BCUT2D eigenvalue weighted by atomic mass is 32.1. The lowest BCUT2D eigenvalue weighted by molar-refractivity contribution is -0.142. The van der Waals surface area contributed by atoms with Crippen molar-refractivity contribution in [3.63, 3.8) is 0 Å². The number of carbonyl (C=O) groups is 3. The minimum absolute atomic E-state index is 0.00641. The molecule has 2 heterocycles. The third kappa shape index (κ3) is 4.54. The summed E-state index contributed by atoms with van der Waals surface area (Å²) in [5.41, 5.74) is 0. The van der Waals surface area contributed by atoms with Gasteiger partial charge in [-0.1, -0.05) is 6.07 Å². The molecule has 1 aliphatic heterocycles. The van der Waals surface area contributed by atoms with Crippen LogP contribution < -0.4 is 5.32 Å². The predicted molar refractivity (Wildman–Crippen MR) is 89.3 cm³/mol. The molecule has 1 saturated heterocycles. The van der Waals surface area contributed by atoms with Crippen LogP contribution in [0.2, 0.25) is 0 Å². The van der Waals surface area contributed by atoms with Crippen LogP contribution in [0.1, 0.15) is 35.4 Å². The third-order valence-electron chi connectivity index (χ3n) is 3.90. The number of likely N-dealkylation sites (N-methyl/N-ethyl adjacent to an activating group) is 1. The molecule has 1 atom stereocenters. The fourth-order valence-electron chi connectivity index (χ4n) is 2.70. The summed E-state index contributed by atoms with van der Waals surface area (Å²) in [6.45, 7) is 1.10. The summed E-state index contributed by atoms with van der Waals surface area (Å²) in [6, 6.07) is 3.28. The van der Waals surface area contributed by atoms with Gasteiger partial charge in [0.25, 0.3) is 5.91 Å². The Kier molecular flexibility index (Phi) is 6.15. The molecule has 0 aliphatic carbocycles. The van der Waals surface area contributed by atoms with Crippen LogP contribution in [0.3, 0.4) is 0 Å². The zero-order valence-corrected chi connectivity index (χ0v) is 14.4. The number of nitrogens with one attached hydrogen (secondary N) is 1. The molecular formula is C16H23N3O3S. The highest BCUT2D eigenvalue weighted by Gasteiger charge is 2.34. The van der Waals surface area contributed by atoms with Crippen LogP contribution in [-0.4, -0.2) is 60.7 Å². The summed E-state index contributed by atoms with van der Waals surface area (Å²) < 4.78 is 0. The summed E-state index contributed by atoms with van der Waals surface area (Å²) in [6.07, 6.45) is 2.53. The largest absolute Gasteiger partial charge is 0.351 e. The van der Waals surface area contributed by atoms with Gasteiger partial charge in [-0.3, -0.25) is 14.4 Å². The Hall–Kier alpha value is -1.89. The smallest absolute Gasteiger partial charge is 0.261 e.